The van der Waals surface area contributed by atoms with Crippen molar-refractivity contribution in [1.82, 2.24) is 14.7 Å². The molecule has 0 aromatic rings. The van der Waals surface area contributed by atoms with Crippen molar-refractivity contribution in [2.75, 3.05) is 51.9 Å². The Morgan fingerprint density at radius 2 is 1.33 bits per heavy atom. The average molecular weight is 186 g/mol. The zero-order chi connectivity index (χ0) is 8.18. The zero-order valence-corrected chi connectivity index (χ0v) is 8.63. The molecule has 4 aliphatic rings. The largest absolute Gasteiger partial charge is 0.257 e. The summed E-state index contributed by atoms with van der Waals surface area (Å²) in [6.45, 7) is 7.65. The first-order chi connectivity index (χ1) is 5.73. The van der Waals surface area contributed by atoms with Crippen molar-refractivity contribution >= 4 is 7.26 Å². The third kappa shape index (κ3) is 1.12. The molecule has 4 heterocycles. The van der Waals surface area contributed by atoms with Gasteiger partial charge in [0.05, 0.1) is 27.3 Å². The molecule has 68 valence electrons. The van der Waals surface area contributed by atoms with Crippen LogP contribution in [0.4, 0.5) is 0 Å². The van der Waals surface area contributed by atoms with Gasteiger partial charge in [0.1, 0.15) is 18.9 Å². The van der Waals surface area contributed by atoms with E-state index < -0.39 is 7.26 Å². The molecule has 4 fully saturated rings. The first-order valence-electron chi connectivity index (χ1n) is 4.74. The third-order valence-corrected chi connectivity index (χ3v) is 6.41. The molecule has 2 unspecified atom stereocenters. The van der Waals surface area contributed by atoms with Crippen molar-refractivity contribution in [2.45, 2.75) is 0 Å². The minimum absolute atomic E-state index is 0.586. The van der Waals surface area contributed by atoms with Crippen molar-refractivity contribution < 1.29 is 0 Å². The fraction of sp³-hybridized carbons (Fsp3) is 1.00. The summed E-state index contributed by atoms with van der Waals surface area (Å²) in [5.74, 6) is 0. The summed E-state index contributed by atoms with van der Waals surface area (Å²) in [5.41, 5.74) is 0. The minimum Gasteiger partial charge on any atom is -0.257 e. The molecule has 2 atom stereocenters. The summed E-state index contributed by atoms with van der Waals surface area (Å²) in [4.78, 5) is 7.95. The van der Waals surface area contributed by atoms with Crippen molar-refractivity contribution in [1.29, 1.82) is 0 Å². The van der Waals surface area contributed by atoms with Crippen LogP contribution in [0.1, 0.15) is 0 Å². The Hall–Kier alpha value is 0.310. The summed E-state index contributed by atoms with van der Waals surface area (Å²) in [7, 11) is -0.586. The minimum atomic E-state index is -0.586. The lowest BCUT2D eigenvalue weighted by atomic mass is 10.5. The van der Waals surface area contributed by atoms with Gasteiger partial charge < -0.3 is 0 Å². The molecule has 0 N–H and O–H groups in total. The highest BCUT2D eigenvalue weighted by atomic mass is 31.2. The van der Waals surface area contributed by atoms with Crippen molar-refractivity contribution in [2.24, 2.45) is 0 Å². The van der Waals surface area contributed by atoms with E-state index in [1.165, 1.54) is 45.3 Å². The number of fused-ring (bicyclic) bond motifs is 1. The van der Waals surface area contributed by atoms with Crippen LogP contribution >= 0.6 is 7.26 Å². The van der Waals surface area contributed by atoms with Gasteiger partial charge in [-0.25, -0.2) is 4.90 Å². The molecule has 0 amide bonds. The lowest BCUT2D eigenvalue weighted by molar-refractivity contribution is 0.129. The Morgan fingerprint density at radius 3 is 1.83 bits per heavy atom. The van der Waals surface area contributed by atoms with Crippen LogP contribution < -0.4 is 0 Å². The van der Waals surface area contributed by atoms with Gasteiger partial charge in [-0.15, -0.1) is 0 Å². The molecule has 0 radical (unpaired) electrons. The van der Waals surface area contributed by atoms with Gasteiger partial charge in [-0.1, -0.05) is 0 Å². The van der Waals surface area contributed by atoms with E-state index in [-0.39, 0.29) is 0 Å². The van der Waals surface area contributed by atoms with Gasteiger partial charge in [0.15, 0.2) is 0 Å². The first kappa shape index (κ1) is 7.69. The number of hydrogen-bond donors (Lipinski definition) is 0. The predicted octanol–water partition coefficient (Wildman–Crippen LogP) is 0.368. The van der Waals surface area contributed by atoms with Crippen LogP contribution in [0.5, 0.6) is 0 Å². The monoisotopic (exact) mass is 186 g/mol. The van der Waals surface area contributed by atoms with Crippen molar-refractivity contribution in [3.63, 3.8) is 0 Å². The molecule has 0 saturated carbocycles. The second-order valence-corrected chi connectivity index (χ2v) is 8.87. The van der Waals surface area contributed by atoms with Gasteiger partial charge in [0.25, 0.3) is 0 Å². The van der Waals surface area contributed by atoms with Crippen LogP contribution in [-0.4, -0.2) is 66.6 Å². The molecule has 0 aliphatic carbocycles. The van der Waals surface area contributed by atoms with E-state index in [1.807, 2.05) is 0 Å². The number of rotatable bonds is 0. The molecule has 0 spiro atoms. The zero-order valence-electron chi connectivity index (χ0n) is 7.74. The van der Waals surface area contributed by atoms with E-state index in [1.54, 1.807) is 0 Å². The highest BCUT2D eigenvalue weighted by molar-refractivity contribution is 7.75. The highest BCUT2D eigenvalue weighted by Crippen LogP contribution is 2.60. The fourth-order valence-corrected chi connectivity index (χ4v) is 6.74. The van der Waals surface area contributed by atoms with E-state index in [2.05, 4.69) is 21.4 Å². The Labute approximate surface area is 74.6 Å². The standard InChI is InChI=1S/C8H17N3P/c1-12-6-9-2-3-10(7-12)5-11(4-9)8-12/h2-8H2,1H3/q+1. The van der Waals surface area contributed by atoms with Crippen LogP contribution in [0.15, 0.2) is 0 Å². The molecule has 0 aromatic carbocycles. The smallest absolute Gasteiger partial charge is 0.116 e. The average Bonchev–Trinajstić information content (AvgIpc) is 2.14. The third-order valence-electron chi connectivity index (χ3n) is 3.16. The maximum absolute atomic E-state index is 2.66. The summed E-state index contributed by atoms with van der Waals surface area (Å²) in [6.07, 6.45) is 4.29. The summed E-state index contributed by atoms with van der Waals surface area (Å²) < 4.78 is 0. The highest BCUT2D eigenvalue weighted by Gasteiger charge is 2.48. The van der Waals surface area contributed by atoms with Crippen LogP contribution in [0.3, 0.4) is 0 Å². The maximum Gasteiger partial charge on any atom is 0.116 e. The topological polar surface area (TPSA) is 9.72 Å². The van der Waals surface area contributed by atoms with Gasteiger partial charge in [-0.2, -0.15) is 0 Å². The molecule has 3 nitrogen and oxygen atoms in total. The molecular weight excluding hydrogens is 169 g/mol. The SMILES string of the molecule is C[P+]12CN3CCN(CN(C3)C1)C2. The summed E-state index contributed by atoms with van der Waals surface area (Å²) in [5, 5.41) is 0. The predicted molar refractivity (Wildman–Crippen MR) is 52.4 cm³/mol. The van der Waals surface area contributed by atoms with Crippen LogP contribution in [0.25, 0.3) is 0 Å². The molecule has 4 aliphatic heterocycles. The summed E-state index contributed by atoms with van der Waals surface area (Å²) >= 11 is 0. The van der Waals surface area contributed by atoms with Crippen LogP contribution in [0.2, 0.25) is 0 Å². The quantitative estimate of drug-likeness (QED) is 0.506. The van der Waals surface area contributed by atoms with E-state index in [0.29, 0.717) is 0 Å². The maximum atomic E-state index is 2.66. The molecule has 4 rings (SSSR count). The molecule has 4 bridgehead atoms. The van der Waals surface area contributed by atoms with Gasteiger partial charge in [0, 0.05) is 13.1 Å². The molecule has 0 aromatic heterocycles. The van der Waals surface area contributed by atoms with E-state index in [0.717, 1.165) is 0 Å². The molecule has 12 heavy (non-hydrogen) atoms. The molecule has 4 heteroatoms. The fourth-order valence-electron chi connectivity index (χ4n) is 2.94. The normalized spacial score (nSPS) is 57.2. The van der Waals surface area contributed by atoms with Gasteiger partial charge >= 0.3 is 0 Å². The van der Waals surface area contributed by atoms with Crippen molar-refractivity contribution in [3.05, 3.63) is 0 Å². The van der Waals surface area contributed by atoms with Crippen molar-refractivity contribution in [3.8, 4) is 0 Å². The second kappa shape index (κ2) is 2.42. The second-order valence-electron chi connectivity index (χ2n) is 4.79. The Kier molecular flexibility index (Phi) is 1.55. The lowest BCUT2D eigenvalue weighted by Crippen LogP contribution is -2.51. The molecular formula is C8H17N3P+. The Balaban J connectivity index is 1.95. The van der Waals surface area contributed by atoms with Crippen LogP contribution in [0, 0.1) is 0 Å². The Bertz CT molecular complexity index is 192. The van der Waals surface area contributed by atoms with E-state index >= 15 is 0 Å². The molecule has 4 saturated heterocycles. The van der Waals surface area contributed by atoms with Crippen LogP contribution in [-0.2, 0) is 0 Å². The van der Waals surface area contributed by atoms with E-state index in [4.69, 9.17) is 0 Å². The van der Waals surface area contributed by atoms with Gasteiger partial charge in [0.2, 0.25) is 0 Å². The lowest BCUT2D eigenvalue weighted by Gasteiger charge is -2.44. The van der Waals surface area contributed by atoms with Gasteiger partial charge in [-0.05, 0) is 0 Å². The number of hydrogen-bond acceptors (Lipinski definition) is 3. The van der Waals surface area contributed by atoms with E-state index in [9.17, 15) is 0 Å². The van der Waals surface area contributed by atoms with Gasteiger partial charge in [-0.3, -0.25) is 9.80 Å². The summed E-state index contributed by atoms with van der Waals surface area (Å²) in [6, 6.07) is 0. The number of nitrogens with zero attached hydrogens (tertiary/aromatic N) is 3. The first-order valence-corrected chi connectivity index (χ1v) is 7.53. The Morgan fingerprint density at radius 1 is 0.833 bits per heavy atom.